The van der Waals surface area contributed by atoms with Gasteiger partial charge in [-0.25, -0.2) is 4.98 Å². The molecule has 0 amide bonds. The van der Waals surface area contributed by atoms with Gasteiger partial charge in [-0.1, -0.05) is 19.8 Å². The Bertz CT molecular complexity index is 313. The largest absolute Gasteiger partial charge is 0.333 e. The van der Waals surface area contributed by atoms with Crippen molar-refractivity contribution in [1.29, 1.82) is 0 Å². The Morgan fingerprint density at radius 3 is 2.94 bits per heavy atom. The number of hydrogen-bond acceptors (Lipinski definition) is 2. The van der Waals surface area contributed by atoms with E-state index in [9.17, 15) is 0 Å². The standard InChI is InChI=1S/C13H23N3/c1-2-5-13-15-8-9-16(13)10-12(14)11-6-3-4-7-11/h8-9,11-12H,2-7,10,14H2,1H3. The molecule has 1 saturated carbocycles. The van der Waals surface area contributed by atoms with Crippen molar-refractivity contribution in [2.24, 2.45) is 11.7 Å². The second-order valence-electron chi connectivity index (χ2n) is 4.95. The van der Waals surface area contributed by atoms with Gasteiger partial charge in [-0.15, -0.1) is 0 Å². The molecule has 0 aliphatic heterocycles. The number of imidazole rings is 1. The molecule has 2 rings (SSSR count). The summed E-state index contributed by atoms with van der Waals surface area (Å²) in [6, 6.07) is 0.312. The molecule has 2 N–H and O–H groups in total. The first-order chi connectivity index (χ1) is 7.81. The van der Waals surface area contributed by atoms with E-state index in [1.165, 1.54) is 31.5 Å². The Morgan fingerprint density at radius 1 is 1.50 bits per heavy atom. The fourth-order valence-electron chi connectivity index (χ4n) is 2.72. The van der Waals surface area contributed by atoms with Crippen molar-refractivity contribution in [3.63, 3.8) is 0 Å². The minimum atomic E-state index is 0.312. The first-order valence-electron chi connectivity index (χ1n) is 6.57. The summed E-state index contributed by atoms with van der Waals surface area (Å²) in [7, 11) is 0. The summed E-state index contributed by atoms with van der Waals surface area (Å²) in [5.41, 5.74) is 6.29. The zero-order valence-electron chi connectivity index (χ0n) is 10.2. The van der Waals surface area contributed by atoms with Gasteiger partial charge < -0.3 is 10.3 Å². The molecule has 3 nitrogen and oxygen atoms in total. The van der Waals surface area contributed by atoms with E-state index in [1.54, 1.807) is 0 Å². The van der Waals surface area contributed by atoms with Crippen LogP contribution >= 0.6 is 0 Å². The second-order valence-corrected chi connectivity index (χ2v) is 4.95. The van der Waals surface area contributed by atoms with E-state index in [1.807, 2.05) is 6.20 Å². The molecule has 0 radical (unpaired) electrons. The van der Waals surface area contributed by atoms with Gasteiger partial charge in [-0.2, -0.15) is 0 Å². The van der Waals surface area contributed by atoms with E-state index < -0.39 is 0 Å². The minimum Gasteiger partial charge on any atom is -0.333 e. The molecule has 0 saturated heterocycles. The molecule has 1 unspecified atom stereocenters. The summed E-state index contributed by atoms with van der Waals surface area (Å²) in [5.74, 6) is 1.92. The Balaban J connectivity index is 1.94. The maximum atomic E-state index is 6.29. The number of rotatable bonds is 5. The molecular formula is C13H23N3. The number of nitrogens with zero attached hydrogens (tertiary/aromatic N) is 2. The van der Waals surface area contributed by atoms with Gasteiger partial charge in [-0.3, -0.25) is 0 Å². The fourth-order valence-corrected chi connectivity index (χ4v) is 2.72. The van der Waals surface area contributed by atoms with Gasteiger partial charge in [0.25, 0.3) is 0 Å². The van der Waals surface area contributed by atoms with E-state index in [0.29, 0.717) is 6.04 Å². The van der Waals surface area contributed by atoms with Crippen molar-refractivity contribution in [1.82, 2.24) is 9.55 Å². The first-order valence-corrected chi connectivity index (χ1v) is 6.57. The zero-order chi connectivity index (χ0) is 11.4. The summed E-state index contributed by atoms with van der Waals surface area (Å²) < 4.78 is 2.24. The highest BCUT2D eigenvalue weighted by Crippen LogP contribution is 2.27. The van der Waals surface area contributed by atoms with Crippen LogP contribution in [0.3, 0.4) is 0 Å². The normalized spacial score (nSPS) is 19.1. The molecule has 1 aromatic rings. The predicted octanol–water partition coefficient (Wildman–Crippen LogP) is 2.35. The van der Waals surface area contributed by atoms with Crippen molar-refractivity contribution < 1.29 is 0 Å². The Morgan fingerprint density at radius 2 is 2.25 bits per heavy atom. The average Bonchev–Trinajstić information content (AvgIpc) is 2.90. The van der Waals surface area contributed by atoms with Crippen LogP contribution in [-0.4, -0.2) is 15.6 Å². The fraction of sp³-hybridized carbons (Fsp3) is 0.769. The highest BCUT2D eigenvalue weighted by Gasteiger charge is 2.22. The Labute approximate surface area is 98.1 Å². The van der Waals surface area contributed by atoms with Crippen LogP contribution < -0.4 is 5.73 Å². The van der Waals surface area contributed by atoms with Crippen molar-refractivity contribution >= 4 is 0 Å². The van der Waals surface area contributed by atoms with Crippen molar-refractivity contribution in [2.45, 2.75) is 58.0 Å². The van der Waals surface area contributed by atoms with Gasteiger partial charge in [0.1, 0.15) is 5.82 Å². The molecule has 1 fully saturated rings. The van der Waals surface area contributed by atoms with E-state index in [4.69, 9.17) is 5.73 Å². The third-order valence-electron chi connectivity index (χ3n) is 3.69. The summed E-state index contributed by atoms with van der Waals surface area (Å²) in [5, 5.41) is 0. The lowest BCUT2D eigenvalue weighted by Gasteiger charge is -2.20. The average molecular weight is 221 g/mol. The van der Waals surface area contributed by atoms with E-state index in [0.717, 1.165) is 25.3 Å². The molecule has 1 heterocycles. The Hall–Kier alpha value is -0.830. The van der Waals surface area contributed by atoms with E-state index in [2.05, 4.69) is 22.7 Å². The molecule has 16 heavy (non-hydrogen) atoms. The highest BCUT2D eigenvalue weighted by atomic mass is 15.1. The lowest BCUT2D eigenvalue weighted by atomic mass is 9.99. The molecule has 1 aromatic heterocycles. The number of hydrogen-bond donors (Lipinski definition) is 1. The second kappa shape index (κ2) is 5.48. The van der Waals surface area contributed by atoms with E-state index in [-0.39, 0.29) is 0 Å². The topological polar surface area (TPSA) is 43.8 Å². The van der Waals surface area contributed by atoms with Crippen molar-refractivity contribution in [3.05, 3.63) is 18.2 Å². The minimum absolute atomic E-state index is 0.312. The van der Waals surface area contributed by atoms with Gasteiger partial charge in [0, 0.05) is 31.4 Å². The molecule has 90 valence electrons. The lowest BCUT2D eigenvalue weighted by Crippen LogP contribution is -2.33. The maximum absolute atomic E-state index is 6.29. The van der Waals surface area contributed by atoms with Crippen LogP contribution in [-0.2, 0) is 13.0 Å². The summed E-state index contributed by atoms with van der Waals surface area (Å²) in [6.45, 7) is 3.13. The zero-order valence-corrected chi connectivity index (χ0v) is 10.2. The molecule has 1 aliphatic carbocycles. The van der Waals surface area contributed by atoms with Crippen LogP contribution in [0.25, 0.3) is 0 Å². The van der Waals surface area contributed by atoms with Crippen LogP contribution in [0.2, 0.25) is 0 Å². The summed E-state index contributed by atoms with van der Waals surface area (Å²) >= 11 is 0. The van der Waals surface area contributed by atoms with Crippen LogP contribution in [0, 0.1) is 5.92 Å². The first kappa shape index (κ1) is 11.6. The summed E-state index contributed by atoms with van der Waals surface area (Å²) in [4.78, 5) is 4.39. The van der Waals surface area contributed by atoms with Gasteiger partial charge in [-0.05, 0) is 25.2 Å². The molecule has 1 aliphatic rings. The summed E-state index contributed by atoms with van der Waals surface area (Å²) in [6.07, 6.45) is 11.5. The third kappa shape index (κ3) is 2.64. The number of nitrogens with two attached hydrogens (primary N) is 1. The monoisotopic (exact) mass is 221 g/mol. The molecule has 0 aromatic carbocycles. The van der Waals surface area contributed by atoms with Crippen LogP contribution in [0.4, 0.5) is 0 Å². The van der Waals surface area contributed by atoms with Gasteiger partial charge in [0.2, 0.25) is 0 Å². The van der Waals surface area contributed by atoms with Crippen molar-refractivity contribution in [3.8, 4) is 0 Å². The Kier molecular flexibility index (Phi) is 3.99. The number of aromatic nitrogens is 2. The third-order valence-corrected chi connectivity index (χ3v) is 3.69. The molecule has 1 atom stereocenters. The quantitative estimate of drug-likeness (QED) is 0.829. The van der Waals surface area contributed by atoms with Crippen LogP contribution in [0.5, 0.6) is 0 Å². The molecule has 0 bridgehead atoms. The van der Waals surface area contributed by atoms with Gasteiger partial charge in [0.15, 0.2) is 0 Å². The smallest absolute Gasteiger partial charge is 0.108 e. The van der Waals surface area contributed by atoms with Crippen molar-refractivity contribution in [2.75, 3.05) is 0 Å². The maximum Gasteiger partial charge on any atom is 0.108 e. The SMILES string of the molecule is CCCc1nccn1CC(N)C1CCCC1. The van der Waals surface area contributed by atoms with Crippen LogP contribution in [0.1, 0.15) is 44.9 Å². The van der Waals surface area contributed by atoms with Crippen LogP contribution in [0.15, 0.2) is 12.4 Å². The van der Waals surface area contributed by atoms with Gasteiger partial charge in [0.05, 0.1) is 0 Å². The van der Waals surface area contributed by atoms with Gasteiger partial charge >= 0.3 is 0 Å². The molecular weight excluding hydrogens is 198 g/mol. The number of aryl methyl sites for hydroxylation is 1. The predicted molar refractivity (Wildman–Crippen MR) is 66.2 cm³/mol. The molecule has 0 spiro atoms. The lowest BCUT2D eigenvalue weighted by molar-refractivity contribution is 0.382. The molecule has 3 heteroatoms. The van der Waals surface area contributed by atoms with E-state index >= 15 is 0 Å². The highest BCUT2D eigenvalue weighted by molar-refractivity contribution is 4.94.